The summed E-state index contributed by atoms with van der Waals surface area (Å²) in [4.78, 5) is 26.3. The van der Waals surface area contributed by atoms with Gasteiger partial charge in [0.15, 0.2) is 0 Å². The molecule has 0 atom stereocenters. The molecule has 31 heavy (non-hydrogen) atoms. The van der Waals surface area contributed by atoms with Crippen molar-refractivity contribution in [2.75, 3.05) is 26.2 Å². The van der Waals surface area contributed by atoms with Crippen LogP contribution in [0.25, 0.3) is 0 Å². The normalized spacial score (nSPS) is 19.7. The lowest BCUT2D eigenvalue weighted by molar-refractivity contribution is -0.189. The third-order valence-corrected chi connectivity index (χ3v) is 6.64. The Morgan fingerprint density at radius 3 is 2.39 bits per heavy atom. The number of hydrogen-bond donors (Lipinski definition) is 2. The van der Waals surface area contributed by atoms with Crippen LogP contribution < -0.4 is 10.6 Å². The van der Waals surface area contributed by atoms with Gasteiger partial charge in [0.2, 0.25) is 5.91 Å². The maximum absolute atomic E-state index is 12.9. The number of nitrogens with one attached hydrogen (secondary N) is 2. The summed E-state index contributed by atoms with van der Waals surface area (Å²) in [7, 11) is 0. The summed E-state index contributed by atoms with van der Waals surface area (Å²) in [6.45, 7) is 6.05. The van der Waals surface area contributed by atoms with Crippen LogP contribution in [0.3, 0.4) is 0 Å². The summed E-state index contributed by atoms with van der Waals surface area (Å²) in [6, 6.07) is 7.52. The monoisotopic (exact) mass is 439 g/mol. The average molecular weight is 440 g/mol. The van der Waals surface area contributed by atoms with Crippen LogP contribution in [-0.4, -0.2) is 54.6 Å². The quantitative estimate of drug-likeness (QED) is 0.711. The average Bonchev–Trinajstić information content (AvgIpc) is 2.64. The third kappa shape index (κ3) is 5.79. The van der Waals surface area contributed by atoms with E-state index in [2.05, 4.69) is 10.6 Å². The molecular formula is C23H32F3N3O2. The maximum atomic E-state index is 12.9. The van der Waals surface area contributed by atoms with Crippen molar-refractivity contribution >= 4 is 11.8 Å². The van der Waals surface area contributed by atoms with Gasteiger partial charge in [-0.1, -0.05) is 17.7 Å². The fourth-order valence-corrected chi connectivity index (χ4v) is 4.61. The molecule has 0 aromatic heterocycles. The number of carbonyl (C=O) groups excluding carboxylic acids is 2. The van der Waals surface area contributed by atoms with Crippen molar-refractivity contribution in [3.63, 3.8) is 0 Å². The number of hydrogen-bond acceptors (Lipinski definition) is 3. The summed E-state index contributed by atoms with van der Waals surface area (Å²) in [5.74, 6) is -0.208. The van der Waals surface area contributed by atoms with Crippen molar-refractivity contribution in [2.24, 2.45) is 11.3 Å². The number of aryl methyl sites for hydroxylation is 1. The molecule has 2 N–H and O–H groups in total. The highest BCUT2D eigenvalue weighted by Gasteiger charge is 2.49. The molecule has 172 valence electrons. The van der Waals surface area contributed by atoms with Gasteiger partial charge in [-0.05, 0) is 69.9 Å². The van der Waals surface area contributed by atoms with Crippen molar-refractivity contribution in [1.29, 1.82) is 0 Å². The molecule has 1 saturated carbocycles. The highest BCUT2D eigenvalue weighted by Crippen LogP contribution is 2.45. The Hall–Kier alpha value is -2.09. The number of alkyl halides is 3. The number of amides is 2. The first-order valence-electron chi connectivity index (χ1n) is 10.8. The second kappa shape index (κ2) is 8.81. The summed E-state index contributed by atoms with van der Waals surface area (Å²) < 4.78 is 38.8. The van der Waals surface area contributed by atoms with Crippen LogP contribution in [0.5, 0.6) is 0 Å². The van der Waals surface area contributed by atoms with Crippen LogP contribution in [0.15, 0.2) is 24.3 Å². The van der Waals surface area contributed by atoms with Crippen LogP contribution in [0.4, 0.5) is 13.2 Å². The lowest BCUT2D eigenvalue weighted by Gasteiger charge is -2.53. The number of halogens is 3. The molecule has 5 nitrogen and oxygen atoms in total. The first kappa shape index (κ1) is 23.6. The SMILES string of the molecule is Cc1cccc(C(=O)NCC2CCC3(CC2)CN(CC(=O)NC(C)(C)C(F)(F)F)C3)c1. The number of carbonyl (C=O) groups is 2. The molecule has 0 radical (unpaired) electrons. The molecular weight excluding hydrogens is 407 g/mol. The summed E-state index contributed by atoms with van der Waals surface area (Å²) in [5, 5.41) is 5.13. The second-order valence-corrected chi connectivity index (χ2v) is 9.84. The van der Waals surface area contributed by atoms with Crippen molar-refractivity contribution in [3.05, 3.63) is 35.4 Å². The van der Waals surface area contributed by atoms with Crippen molar-refractivity contribution in [1.82, 2.24) is 15.5 Å². The molecule has 2 fully saturated rings. The predicted molar refractivity (Wildman–Crippen MR) is 113 cm³/mol. The van der Waals surface area contributed by atoms with E-state index in [9.17, 15) is 22.8 Å². The molecule has 0 unspecified atom stereocenters. The minimum atomic E-state index is -4.48. The van der Waals surface area contributed by atoms with Gasteiger partial charge in [-0.3, -0.25) is 14.5 Å². The number of likely N-dealkylation sites (tertiary alicyclic amines) is 1. The second-order valence-electron chi connectivity index (χ2n) is 9.84. The highest BCUT2D eigenvalue weighted by molar-refractivity contribution is 5.94. The smallest absolute Gasteiger partial charge is 0.352 e. The minimum Gasteiger partial charge on any atom is -0.352 e. The van der Waals surface area contributed by atoms with Gasteiger partial charge in [0, 0.05) is 25.2 Å². The van der Waals surface area contributed by atoms with E-state index in [1.54, 1.807) is 0 Å². The van der Waals surface area contributed by atoms with E-state index in [4.69, 9.17) is 0 Å². The van der Waals surface area contributed by atoms with E-state index >= 15 is 0 Å². The first-order chi connectivity index (χ1) is 14.4. The van der Waals surface area contributed by atoms with Crippen LogP contribution in [-0.2, 0) is 4.79 Å². The van der Waals surface area contributed by atoms with Gasteiger partial charge in [0.25, 0.3) is 5.91 Å². The summed E-state index contributed by atoms with van der Waals surface area (Å²) >= 11 is 0. The minimum absolute atomic E-state index is 0.00274. The van der Waals surface area contributed by atoms with E-state index in [1.807, 2.05) is 36.1 Å². The van der Waals surface area contributed by atoms with E-state index in [1.165, 1.54) is 0 Å². The van der Waals surface area contributed by atoms with Gasteiger partial charge in [-0.2, -0.15) is 13.2 Å². The van der Waals surface area contributed by atoms with Gasteiger partial charge in [-0.15, -0.1) is 0 Å². The molecule has 3 rings (SSSR count). The molecule has 2 amide bonds. The molecule has 0 bridgehead atoms. The Labute approximate surface area is 181 Å². The molecule has 8 heteroatoms. The van der Waals surface area contributed by atoms with Gasteiger partial charge in [0.1, 0.15) is 5.54 Å². The Morgan fingerprint density at radius 2 is 1.81 bits per heavy atom. The lowest BCUT2D eigenvalue weighted by Crippen LogP contribution is -2.62. The number of nitrogens with zero attached hydrogens (tertiary/aromatic N) is 1. The maximum Gasteiger partial charge on any atom is 0.410 e. The molecule has 1 saturated heterocycles. The van der Waals surface area contributed by atoms with Crippen molar-refractivity contribution in [2.45, 2.75) is 58.2 Å². The van der Waals surface area contributed by atoms with Gasteiger partial charge >= 0.3 is 6.18 Å². The van der Waals surface area contributed by atoms with E-state index in [0.29, 0.717) is 18.0 Å². The molecule has 1 aliphatic carbocycles. The zero-order valence-corrected chi connectivity index (χ0v) is 18.4. The Kier molecular flexibility index (Phi) is 6.69. The molecule has 1 spiro atoms. The van der Waals surface area contributed by atoms with Crippen LogP contribution in [0.1, 0.15) is 55.5 Å². The molecule has 2 aliphatic rings. The Bertz CT molecular complexity index is 807. The van der Waals surface area contributed by atoms with Crippen LogP contribution in [0, 0.1) is 18.3 Å². The molecule has 1 aromatic carbocycles. The Balaban J connectivity index is 1.37. The van der Waals surface area contributed by atoms with Crippen LogP contribution >= 0.6 is 0 Å². The highest BCUT2D eigenvalue weighted by atomic mass is 19.4. The first-order valence-corrected chi connectivity index (χ1v) is 10.8. The Morgan fingerprint density at radius 1 is 1.16 bits per heavy atom. The zero-order chi connectivity index (χ0) is 22.9. The molecule has 1 aliphatic heterocycles. The standard InChI is InChI=1S/C23H32F3N3O2/c1-16-5-4-6-18(11-16)20(31)27-12-17-7-9-22(10-8-17)14-29(15-22)13-19(30)28-21(2,3)23(24,25)26/h4-6,11,17H,7-10,12-15H2,1-3H3,(H,27,31)(H,28,30). The summed E-state index contributed by atoms with van der Waals surface area (Å²) in [5.41, 5.74) is -0.337. The van der Waals surface area contributed by atoms with Crippen molar-refractivity contribution < 1.29 is 22.8 Å². The lowest BCUT2D eigenvalue weighted by atomic mass is 9.66. The third-order valence-electron chi connectivity index (χ3n) is 6.64. The predicted octanol–water partition coefficient (Wildman–Crippen LogP) is 3.67. The van der Waals surface area contributed by atoms with E-state index in [0.717, 1.165) is 58.2 Å². The van der Waals surface area contributed by atoms with Gasteiger partial charge in [-0.25, -0.2) is 0 Å². The molecule has 1 aromatic rings. The van der Waals surface area contributed by atoms with Crippen molar-refractivity contribution in [3.8, 4) is 0 Å². The molecule has 1 heterocycles. The fraction of sp³-hybridized carbons (Fsp3) is 0.652. The van der Waals surface area contributed by atoms with E-state index < -0.39 is 17.6 Å². The topological polar surface area (TPSA) is 61.4 Å². The van der Waals surface area contributed by atoms with E-state index in [-0.39, 0.29) is 17.9 Å². The van der Waals surface area contributed by atoms with Gasteiger partial charge in [0.05, 0.1) is 6.54 Å². The van der Waals surface area contributed by atoms with Crippen LogP contribution in [0.2, 0.25) is 0 Å². The summed E-state index contributed by atoms with van der Waals surface area (Å²) in [6.07, 6.45) is -0.426. The number of benzene rings is 1. The van der Waals surface area contributed by atoms with Gasteiger partial charge < -0.3 is 10.6 Å². The number of rotatable bonds is 6. The fourth-order valence-electron chi connectivity index (χ4n) is 4.61. The largest absolute Gasteiger partial charge is 0.410 e. The zero-order valence-electron chi connectivity index (χ0n) is 18.4.